The smallest absolute Gasteiger partial charge is 0.257 e. The van der Waals surface area contributed by atoms with E-state index in [0.29, 0.717) is 27.9 Å². The number of fused-ring (bicyclic) bond motifs is 1. The third-order valence-electron chi connectivity index (χ3n) is 4.71. The summed E-state index contributed by atoms with van der Waals surface area (Å²) in [7, 11) is 0. The first-order valence-electron chi connectivity index (χ1n) is 8.39. The number of carbonyl (C=O) groups is 2. The second kappa shape index (κ2) is 6.43. The summed E-state index contributed by atoms with van der Waals surface area (Å²) in [6.45, 7) is 6.49. The van der Waals surface area contributed by atoms with Gasteiger partial charge in [0, 0.05) is 16.9 Å². The van der Waals surface area contributed by atoms with Crippen molar-refractivity contribution < 1.29 is 14.1 Å². The Balaban J connectivity index is 1.63. The molecule has 0 bridgehead atoms. The molecule has 0 radical (unpaired) electrons. The number of thioether (sulfide) groups is 1. The van der Waals surface area contributed by atoms with Gasteiger partial charge in [-0.1, -0.05) is 34.4 Å². The Bertz CT molecular complexity index is 939. The lowest BCUT2D eigenvalue weighted by Gasteiger charge is -2.41. The van der Waals surface area contributed by atoms with Crippen LogP contribution in [0, 0.1) is 6.92 Å². The van der Waals surface area contributed by atoms with Crippen molar-refractivity contribution in [2.45, 2.75) is 36.9 Å². The van der Waals surface area contributed by atoms with Crippen molar-refractivity contribution in [1.82, 2.24) is 15.4 Å². The number of carbonyl (C=O) groups excluding carboxylic acids is 2. The molecule has 2 saturated heterocycles. The molecule has 27 heavy (non-hydrogen) atoms. The molecule has 0 spiro atoms. The minimum Gasteiger partial charge on any atom is -0.360 e. The summed E-state index contributed by atoms with van der Waals surface area (Å²) >= 11 is 14.2. The average Bonchev–Trinajstić information content (AvgIpc) is 3.10. The highest BCUT2D eigenvalue weighted by Gasteiger charge is 2.56. The van der Waals surface area contributed by atoms with Crippen LogP contribution in [0.2, 0.25) is 10.0 Å². The number of β-lactam (4-membered cyclic amide) rings is 1. The van der Waals surface area contributed by atoms with E-state index in [1.807, 2.05) is 0 Å². The Morgan fingerprint density at radius 2 is 2.04 bits per heavy atom. The van der Waals surface area contributed by atoms with Gasteiger partial charge < -0.3 is 14.7 Å². The zero-order valence-corrected chi connectivity index (χ0v) is 17.2. The van der Waals surface area contributed by atoms with Gasteiger partial charge in [0.2, 0.25) is 5.91 Å². The van der Waals surface area contributed by atoms with E-state index in [1.54, 1.807) is 41.8 Å². The monoisotopic (exact) mass is 425 g/mol. The maximum atomic E-state index is 13.0. The lowest BCUT2D eigenvalue weighted by atomic mass is 10.0. The highest BCUT2D eigenvalue weighted by molar-refractivity contribution is 8.01. The molecule has 3 heterocycles. The largest absolute Gasteiger partial charge is 0.360 e. The number of hydrogen-bond acceptors (Lipinski definition) is 5. The molecule has 6 nitrogen and oxygen atoms in total. The first-order chi connectivity index (χ1) is 12.7. The van der Waals surface area contributed by atoms with E-state index in [1.165, 1.54) is 0 Å². The van der Waals surface area contributed by atoms with E-state index < -0.39 is 11.9 Å². The SMILES string of the molecule is Cc1onc(-c2c(Cl)cccc2Cl)c1C(=O)N[C@@H]1C(=O)N2CC(C)(C)SC12. The number of nitrogens with zero attached hydrogens (tertiary/aromatic N) is 2. The van der Waals surface area contributed by atoms with Gasteiger partial charge in [-0.25, -0.2) is 0 Å². The predicted octanol–water partition coefficient (Wildman–Crippen LogP) is 3.75. The van der Waals surface area contributed by atoms with Gasteiger partial charge in [0.25, 0.3) is 5.91 Å². The van der Waals surface area contributed by atoms with E-state index in [4.69, 9.17) is 27.7 Å². The van der Waals surface area contributed by atoms with Gasteiger partial charge in [0.15, 0.2) is 0 Å². The van der Waals surface area contributed by atoms with Crippen LogP contribution in [0.5, 0.6) is 0 Å². The number of hydrogen-bond donors (Lipinski definition) is 1. The van der Waals surface area contributed by atoms with Crippen LogP contribution in [-0.2, 0) is 4.79 Å². The first-order valence-corrected chi connectivity index (χ1v) is 10.0. The van der Waals surface area contributed by atoms with Crippen LogP contribution >= 0.6 is 35.0 Å². The van der Waals surface area contributed by atoms with Crippen molar-refractivity contribution in [1.29, 1.82) is 0 Å². The van der Waals surface area contributed by atoms with Crippen LogP contribution in [0.4, 0.5) is 0 Å². The molecule has 4 rings (SSSR count). The molecule has 2 aromatic rings. The maximum absolute atomic E-state index is 13.0. The fraction of sp³-hybridized carbons (Fsp3) is 0.389. The van der Waals surface area contributed by atoms with Gasteiger partial charge in [0.1, 0.15) is 28.4 Å². The normalized spacial score (nSPS) is 23.1. The first kappa shape index (κ1) is 18.7. The molecule has 9 heteroatoms. The number of amides is 2. The Morgan fingerprint density at radius 1 is 1.37 bits per heavy atom. The molecule has 2 aliphatic heterocycles. The molecule has 2 amide bonds. The number of rotatable bonds is 3. The Hall–Kier alpha value is -1.70. The van der Waals surface area contributed by atoms with Gasteiger partial charge in [0.05, 0.1) is 10.0 Å². The van der Waals surface area contributed by atoms with Gasteiger partial charge in [-0.15, -0.1) is 11.8 Å². The molecule has 2 fully saturated rings. The minimum absolute atomic E-state index is 0.0246. The van der Waals surface area contributed by atoms with Crippen molar-refractivity contribution in [3.63, 3.8) is 0 Å². The fourth-order valence-corrected chi connectivity index (χ4v) is 5.55. The van der Waals surface area contributed by atoms with Crippen molar-refractivity contribution in [3.05, 3.63) is 39.6 Å². The Morgan fingerprint density at radius 3 is 2.70 bits per heavy atom. The molecule has 2 aliphatic rings. The molecular weight excluding hydrogens is 409 g/mol. The Labute approximate surface area is 170 Å². The van der Waals surface area contributed by atoms with Crippen molar-refractivity contribution >= 4 is 46.8 Å². The summed E-state index contributed by atoms with van der Waals surface area (Å²) < 4.78 is 5.21. The van der Waals surface area contributed by atoms with E-state index in [9.17, 15) is 9.59 Å². The lowest BCUT2D eigenvalue weighted by molar-refractivity contribution is -0.144. The molecule has 1 N–H and O–H groups in total. The van der Waals surface area contributed by atoms with Crippen molar-refractivity contribution in [3.8, 4) is 11.3 Å². The molecule has 0 saturated carbocycles. The zero-order valence-electron chi connectivity index (χ0n) is 14.9. The zero-order chi connectivity index (χ0) is 19.5. The molecular formula is C18H17Cl2N3O3S. The molecule has 0 aliphatic carbocycles. The van der Waals surface area contributed by atoms with Crippen LogP contribution in [0.3, 0.4) is 0 Å². The van der Waals surface area contributed by atoms with Crippen molar-refractivity contribution in [2.24, 2.45) is 0 Å². The number of halogens is 2. The standard InChI is InChI=1S/C18H17Cl2N3O3S/c1-8-11(13(22-26-8)12-9(19)5-4-6-10(12)20)15(24)21-14-16(25)23-7-18(2,3)27-17(14)23/h4-6,14,17H,7H2,1-3H3,(H,21,24)/t14-,17?/m1/s1. The Kier molecular flexibility index (Phi) is 4.44. The number of aromatic nitrogens is 1. The molecule has 1 aromatic carbocycles. The van der Waals surface area contributed by atoms with Crippen LogP contribution in [0.1, 0.15) is 30.0 Å². The van der Waals surface area contributed by atoms with Gasteiger partial charge in [-0.2, -0.15) is 0 Å². The topological polar surface area (TPSA) is 75.4 Å². The lowest BCUT2D eigenvalue weighted by Crippen LogP contribution is -2.67. The summed E-state index contributed by atoms with van der Waals surface area (Å²) in [5.74, 6) is -0.164. The second-order valence-corrected chi connectivity index (χ2v) is 9.88. The summed E-state index contributed by atoms with van der Waals surface area (Å²) in [5.41, 5.74) is 0.933. The minimum atomic E-state index is -0.562. The van der Waals surface area contributed by atoms with E-state index in [-0.39, 0.29) is 27.3 Å². The molecule has 142 valence electrons. The van der Waals surface area contributed by atoms with E-state index in [0.717, 1.165) is 0 Å². The third kappa shape index (κ3) is 3.02. The summed E-state index contributed by atoms with van der Waals surface area (Å²) in [6, 6.07) is 4.48. The maximum Gasteiger partial charge on any atom is 0.257 e. The highest BCUT2D eigenvalue weighted by Crippen LogP contribution is 2.46. The molecule has 1 aromatic heterocycles. The summed E-state index contributed by atoms with van der Waals surface area (Å²) in [6.07, 6.45) is 0. The van der Waals surface area contributed by atoms with Crippen LogP contribution in [0.25, 0.3) is 11.3 Å². The van der Waals surface area contributed by atoms with Crippen LogP contribution in [-0.4, -0.2) is 44.6 Å². The number of nitrogens with one attached hydrogen (secondary N) is 1. The van der Waals surface area contributed by atoms with Crippen LogP contribution in [0.15, 0.2) is 22.7 Å². The number of aryl methyl sites for hydroxylation is 1. The predicted molar refractivity (Wildman–Crippen MR) is 105 cm³/mol. The fourth-order valence-electron chi connectivity index (χ4n) is 3.48. The van der Waals surface area contributed by atoms with Gasteiger partial charge >= 0.3 is 0 Å². The average molecular weight is 426 g/mol. The van der Waals surface area contributed by atoms with Crippen molar-refractivity contribution in [2.75, 3.05) is 6.54 Å². The number of benzene rings is 1. The van der Waals surface area contributed by atoms with Crippen LogP contribution < -0.4 is 5.32 Å². The second-order valence-electron chi connectivity index (χ2n) is 7.24. The summed E-state index contributed by atoms with van der Waals surface area (Å²) in [4.78, 5) is 27.2. The molecule has 1 unspecified atom stereocenters. The molecule has 2 atom stereocenters. The highest BCUT2D eigenvalue weighted by atomic mass is 35.5. The quantitative estimate of drug-likeness (QED) is 0.757. The van der Waals surface area contributed by atoms with Gasteiger partial charge in [-0.3, -0.25) is 9.59 Å². The van der Waals surface area contributed by atoms with E-state index in [2.05, 4.69) is 24.3 Å². The van der Waals surface area contributed by atoms with Gasteiger partial charge in [-0.05, 0) is 32.9 Å². The summed E-state index contributed by atoms with van der Waals surface area (Å²) in [5, 5.41) is 7.49. The third-order valence-corrected chi connectivity index (χ3v) is 6.87. The van der Waals surface area contributed by atoms with E-state index >= 15 is 0 Å².